The number of hydrogen-bond donors (Lipinski definition) is 1. The molecule has 0 aliphatic carbocycles. The number of nitrogens with one attached hydrogen (secondary N) is 1. The van der Waals surface area contributed by atoms with Gasteiger partial charge in [0.2, 0.25) is 0 Å². The largest absolute Gasteiger partial charge is 0.480 e. The van der Waals surface area contributed by atoms with Crippen molar-refractivity contribution in [1.82, 2.24) is 5.32 Å². The molecule has 0 saturated heterocycles. The van der Waals surface area contributed by atoms with E-state index in [1.807, 2.05) is 0 Å². The predicted octanol–water partition coefficient (Wildman–Crippen LogP) is 3.43. The number of carbonyl (C=O) groups excluding carboxylic acids is 1. The van der Waals surface area contributed by atoms with Crippen LogP contribution in [0.3, 0.4) is 0 Å². The van der Waals surface area contributed by atoms with Crippen molar-refractivity contribution in [3.63, 3.8) is 0 Å². The Balaban J connectivity index is 2.78. The van der Waals surface area contributed by atoms with Crippen LogP contribution in [0.5, 0.6) is 5.75 Å². The van der Waals surface area contributed by atoms with E-state index in [1.165, 1.54) is 0 Å². The van der Waals surface area contributed by atoms with E-state index in [0.29, 0.717) is 28.9 Å². The summed E-state index contributed by atoms with van der Waals surface area (Å²) >= 11 is 12.1. The molecule has 1 N–H and O–H groups in total. The number of ether oxygens (including phenoxy) is 2. The highest BCUT2D eigenvalue weighted by molar-refractivity contribution is 6.35. The minimum atomic E-state index is -0.425. The molecule has 0 unspecified atom stereocenters. The standard InChI is InChI=1S/C14H19Cl2NO3/c1-3-5-17-8-10-6-11(15)7-12(16)14(10)20-9-13(18)19-4-2/h6-7,17H,3-5,8-9H2,1-2H3. The molecule has 0 saturated carbocycles. The summed E-state index contributed by atoms with van der Waals surface area (Å²) in [5, 5.41) is 4.16. The number of carbonyl (C=O) groups is 1. The quantitative estimate of drug-likeness (QED) is 0.589. The highest BCUT2D eigenvalue weighted by Gasteiger charge is 2.13. The van der Waals surface area contributed by atoms with Crippen LogP contribution in [0.1, 0.15) is 25.8 Å². The van der Waals surface area contributed by atoms with E-state index in [4.69, 9.17) is 32.7 Å². The molecular formula is C14H19Cl2NO3. The minimum Gasteiger partial charge on any atom is -0.480 e. The van der Waals surface area contributed by atoms with Gasteiger partial charge >= 0.3 is 5.97 Å². The van der Waals surface area contributed by atoms with E-state index in [0.717, 1.165) is 18.5 Å². The van der Waals surface area contributed by atoms with Crippen molar-refractivity contribution >= 4 is 29.2 Å². The Bertz CT molecular complexity index is 452. The average molecular weight is 320 g/mol. The first-order valence-electron chi connectivity index (χ1n) is 6.55. The third-order valence-corrected chi connectivity index (χ3v) is 2.97. The zero-order valence-corrected chi connectivity index (χ0v) is 13.2. The van der Waals surface area contributed by atoms with Gasteiger partial charge in [-0.3, -0.25) is 0 Å². The van der Waals surface area contributed by atoms with Crippen LogP contribution in [0.2, 0.25) is 10.0 Å². The highest BCUT2D eigenvalue weighted by Crippen LogP contribution is 2.32. The zero-order valence-electron chi connectivity index (χ0n) is 11.7. The normalized spacial score (nSPS) is 10.4. The fourth-order valence-corrected chi connectivity index (χ4v) is 2.23. The third kappa shape index (κ3) is 5.57. The maximum absolute atomic E-state index is 11.3. The van der Waals surface area contributed by atoms with Gasteiger partial charge in [0.1, 0.15) is 5.75 Å². The van der Waals surface area contributed by atoms with Crippen molar-refractivity contribution < 1.29 is 14.3 Å². The van der Waals surface area contributed by atoms with Crippen LogP contribution in [0.15, 0.2) is 12.1 Å². The average Bonchev–Trinajstić information content (AvgIpc) is 2.38. The molecule has 0 heterocycles. The molecule has 0 aliphatic heterocycles. The van der Waals surface area contributed by atoms with Gasteiger partial charge in [-0.05, 0) is 32.0 Å². The van der Waals surface area contributed by atoms with E-state index < -0.39 is 5.97 Å². The minimum absolute atomic E-state index is 0.171. The zero-order chi connectivity index (χ0) is 15.0. The van der Waals surface area contributed by atoms with Crippen LogP contribution in [0, 0.1) is 0 Å². The van der Waals surface area contributed by atoms with Crippen LogP contribution in [0.25, 0.3) is 0 Å². The smallest absolute Gasteiger partial charge is 0.344 e. The van der Waals surface area contributed by atoms with E-state index in [1.54, 1.807) is 19.1 Å². The molecule has 20 heavy (non-hydrogen) atoms. The summed E-state index contributed by atoms with van der Waals surface area (Å²) in [6.07, 6.45) is 1.02. The lowest BCUT2D eigenvalue weighted by Crippen LogP contribution is -2.18. The van der Waals surface area contributed by atoms with Crippen LogP contribution in [0.4, 0.5) is 0 Å². The van der Waals surface area contributed by atoms with Crippen molar-refractivity contribution in [2.45, 2.75) is 26.8 Å². The molecule has 0 bridgehead atoms. The molecule has 0 aromatic heterocycles. The number of rotatable bonds is 8. The predicted molar refractivity (Wildman–Crippen MR) is 80.6 cm³/mol. The van der Waals surface area contributed by atoms with Crippen molar-refractivity contribution in [1.29, 1.82) is 0 Å². The lowest BCUT2D eigenvalue weighted by Gasteiger charge is -2.14. The Kier molecular flexibility index (Phi) is 7.73. The molecule has 0 atom stereocenters. The molecule has 0 amide bonds. The Hall–Kier alpha value is -0.970. The highest BCUT2D eigenvalue weighted by atomic mass is 35.5. The van der Waals surface area contributed by atoms with Gasteiger partial charge in [-0.25, -0.2) is 4.79 Å². The summed E-state index contributed by atoms with van der Waals surface area (Å²) in [5.41, 5.74) is 0.820. The maximum Gasteiger partial charge on any atom is 0.344 e. The monoisotopic (exact) mass is 319 g/mol. The van der Waals surface area contributed by atoms with Crippen molar-refractivity contribution in [2.75, 3.05) is 19.8 Å². The fourth-order valence-electron chi connectivity index (χ4n) is 1.64. The first-order chi connectivity index (χ1) is 9.58. The Morgan fingerprint density at radius 1 is 1.30 bits per heavy atom. The SMILES string of the molecule is CCCNCc1cc(Cl)cc(Cl)c1OCC(=O)OCC. The molecule has 1 aromatic carbocycles. The summed E-state index contributed by atoms with van der Waals surface area (Å²) in [5.74, 6) is 0.0405. The third-order valence-electron chi connectivity index (χ3n) is 2.47. The van der Waals surface area contributed by atoms with E-state index >= 15 is 0 Å². The van der Waals surface area contributed by atoms with Crippen LogP contribution in [-0.4, -0.2) is 25.7 Å². The first kappa shape index (κ1) is 17.1. The summed E-state index contributed by atoms with van der Waals surface area (Å²) < 4.78 is 10.3. The molecule has 0 spiro atoms. The van der Waals surface area contributed by atoms with Gasteiger partial charge in [0, 0.05) is 17.1 Å². The van der Waals surface area contributed by atoms with Gasteiger partial charge in [0.05, 0.1) is 11.6 Å². The van der Waals surface area contributed by atoms with Crippen molar-refractivity contribution in [3.8, 4) is 5.75 Å². The molecule has 1 aromatic rings. The van der Waals surface area contributed by atoms with Gasteiger partial charge in [-0.15, -0.1) is 0 Å². The molecule has 0 aliphatic rings. The molecule has 1 rings (SSSR count). The Morgan fingerprint density at radius 3 is 2.70 bits per heavy atom. The van der Waals surface area contributed by atoms with Crippen LogP contribution >= 0.6 is 23.2 Å². The molecule has 0 radical (unpaired) electrons. The maximum atomic E-state index is 11.3. The summed E-state index contributed by atoms with van der Waals surface area (Å²) in [4.78, 5) is 11.3. The number of hydrogen-bond acceptors (Lipinski definition) is 4. The second kappa shape index (κ2) is 9.06. The summed E-state index contributed by atoms with van der Waals surface area (Å²) in [6.45, 7) is 5.43. The van der Waals surface area contributed by atoms with Gasteiger partial charge in [-0.1, -0.05) is 30.1 Å². The van der Waals surface area contributed by atoms with Gasteiger partial charge < -0.3 is 14.8 Å². The van der Waals surface area contributed by atoms with E-state index in [-0.39, 0.29) is 6.61 Å². The molecule has 6 heteroatoms. The Morgan fingerprint density at radius 2 is 2.05 bits per heavy atom. The van der Waals surface area contributed by atoms with Crippen molar-refractivity contribution in [3.05, 3.63) is 27.7 Å². The van der Waals surface area contributed by atoms with Crippen molar-refractivity contribution in [2.24, 2.45) is 0 Å². The lowest BCUT2D eigenvalue weighted by molar-refractivity contribution is -0.145. The van der Waals surface area contributed by atoms with E-state index in [2.05, 4.69) is 12.2 Å². The Labute approximate surface area is 129 Å². The molecular weight excluding hydrogens is 301 g/mol. The number of benzene rings is 1. The number of halogens is 2. The number of esters is 1. The van der Waals surface area contributed by atoms with Crippen LogP contribution in [-0.2, 0) is 16.1 Å². The molecule has 0 fully saturated rings. The second-order valence-corrected chi connectivity index (χ2v) is 4.99. The lowest BCUT2D eigenvalue weighted by atomic mass is 10.2. The van der Waals surface area contributed by atoms with Gasteiger partial charge in [-0.2, -0.15) is 0 Å². The van der Waals surface area contributed by atoms with E-state index in [9.17, 15) is 4.79 Å². The fraction of sp³-hybridized carbons (Fsp3) is 0.500. The molecule has 112 valence electrons. The summed E-state index contributed by atoms with van der Waals surface area (Å²) in [7, 11) is 0. The summed E-state index contributed by atoms with van der Waals surface area (Å²) in [6, 6.07) is 3.36. The van der Waals surface area contributed by atoms with Gasteiger partial charge in [0.15, 0.2) is 6.61 Å². The second-order valence-electron chi connectivity index (χ2n) is 4.15. The first-order valence-corrected chi connectivity index (χ1v) is 7.31. The van der Waals surface area contributed by atoms with Crippen LogP contribution < -0.4 is 10.1 Å². The van der Waals surface area contributed by atoms with Gasteiger partial charge in [0.25, 0.3) is 0 Å². The molecule has 4 nitrogen and oxygen atoms in total. The topological polar surface area (TPSA) is 47.6 Å².